The van der Waals surface area contributed by atoms with Crippen molar-refractivity contribution in [1.29, 1.82) is 0 Å². The van der Waals surface area contributed by atoms with Gasteiger partial charge in [0, 0.05) is 11.8 Å². The van der Waals surface area contributed by atoms with Crippen molar-refractivity contribution < 1.29 is 14.3 Å². The van der Waals surface area contributed by atoms with Gasteiger partial charge in [-0.05, 0) is 19.1 Å². The average molecular weight is 299 g/mol. The molecule has 0 fully saturated rings. The van der Waals surface area contributed by atoms with Gasteiger partial charge in [0.25, 0.3) is 5.56 Å². The quantitative estimate of drug-likeness (QED) is 0.694. The average Bonchev–Trinajstić information content (AvgIpc) is 2.51. The number of H-pyrrole nitrogens is 1. The van der Waals surface area contributed by atoms with E-state index in [2.05, 4.69) is 16.8 Å². The summed E-state index contributed by atoms with van der Waals surface area (Å²) >= 11 is 0. The van der Waals surface area contributed by atoms with Gasteiger partial charge >= 0.3 is 5.97 Å². The van der Waals surface area contributed by atoms with Crippen molar-refractivity contribution in [2.75, 3.05) is 13.7 Å². The number of carbonyl (C=O) groups is 1. The molecule has 1 N–H and O–H groups in total. The van der Waals surface area contributed by atoms with Crippen LogP contribution in [0.2, 0.25) is 0 Å². The molecule has 0 amide bonds. The van der Waals surface area contributed by atoms with Gasteiger partial charge in [0.2, 0.25) is 0 Å². The van der Waals surface area contributed by atoms with Crippen LogP contribution in [0.4, 0.5) is 0 Å². The van der Waals surface area contributed by atoms with E-state index in [0.29, 0.717) is 24.3 Å². The van der Waals surface area contributed by atoms with Crippen molar-refractivity contribution >= 4 is 16.9 Å². The van der Waals surface area contributed by atoms with Crippen molar-refractivity contribution in [3.63, 3.8) is 0 Å². The van der Waals surface area contributed by atoms with Crippen LogP contribution >= 0.6 is 0 Å². The highest BCUT2D eigenvalue weighted by Gasteiger charge is 2.10. The predicted molar refractivity (Wildman–Crippen MR) is 83.9 cm³/mol. The molecule has 0 aliphatic carbocycles. The van der Waals surface area contributed by atoms with Gasteiger partial charge < -0.3 is 14.5 Å². The lowest BCUT2D eigenvalue weighted by molar-refractivity contribution is -0.142. The van der Waals surface area contributed by atoms with E-state index in [9.17, 15) is 9.59 Å². The summed E-state index contributed by atoms with van der Waals surface area (Å²) in [6.45, 7) is 2.10. The van der Waals surface area contributed by atoms with Gasteiger partial charge in [-0.3, -0.25) is 9.59 Å². The Balaban J connectivity index is 2.30. The number of hydrogen-bond donors (Lipinski definition) is 1. The van der Waals surface area contributed by atoms with Gasteiger partial charge in [0.15, 0.2) is 0 Å². The zero-order chi connectivity index (χ0) is 15.9. The third-order valence-corrected chi connectivity index (χ3v) is 3.05. The number of rotatable bonds is 4. The lowest BCUT2D eigenvalue weighted by Gasteiger charge is -2.07. The van der Waals surface area contributed by atoms with Crippen LogP contribution in [-0.4, -0.2) is 24.7 Å². The molecule has 0 spiro atoms. The Morgan fingerprint density at radius 2 is 2.09 bits per heavy atom. The molecule has 0 aliphatic heterocycles. The monoisotopic (exact) mass is 299 g/mol. The van der Waals surface area contributed by atoms with Gasteiger partial charge in [-0.25, -0.2) is 0 Å². The van der Waals surface area contributed by atoms with Crippen molar-refractivity contribution in [2.24, 2.45) is 0 Å². The van der Waals surface area contributed by atoms with E-state index in [4.69, 9.17) is 9.47 Å². The number of para-hydroxylation sites is 1. The topological polar surface area (TPSA) is 68.4 Å². The maximum absolute atomic E-state index is 12.1. The Kier molecular flexibility index (Phi) is 5.21. The first-order valence-electron chi connectivity index (χ1n) is 7.00. The molecule has 22 heavy (non-hydrogen) atoms. The van der Waals surface area contributed by atoms with E-state index in [-0.39, 0.29) is 23.5 Å². The van der Waals surface area contributed by atoms with E-state index in [1.807, 2.05) is 18.2 Å². The number of aromatic amines is 1. The fourth-order valence-electron chi connectivity index (χ4n) is 2.09. The Bertz CT molecular complexity index is 796. The predicted octanol–water partition coefficient (Wildman–Crippen LogP) is 2.23. The molecule has 0 bridgehead atoms. The number of benzene rings is 1. The second-order valence-corrected chi connectivity index (χ2v) is 4.51. The Morgan fingerprint density at radius 3 is 2.82 bits per heavy atom. The zero-order valence-electron chi connectivity index (χ0n) is 12.6. The first kappa shape index (κ1) is 15.6. The lowest BCUT2D eigenvalue weighted by atomic mass is 10.1. The third-order valence-electron chi connectivity index (χ3n) is 3.05. The van der Waals surface area contributed by atoms with Gasteiger partial charge in [0.1, 0.15) is 11.3 Å². The largest absolute Gasteiger partial charge is 0.495 e. The molecule has 1 heterocycles. The van der Waals surface area contributed by atoms with Gasteiger partial charge in [-0.2, -0.15) is 0 Å². The molecule has 5 nitrogen and oxygen atoms in total. The molecule has 0 unspecified atom stereocenters. The summed E-state index contributed by atoms with van der Waals surface area (Å²) in [6.07, 6.45) is 0.531. The molecule has 0 radical (unpaired) electrons. The van der Waals surface area contributed by atoms with Crippen LogP contribution in [0.3, 0.4) is 0 Å². The highest BCUT2D eigenvalue weighted by molar-refractivity contribution is 5.87. The van der Waals surface area contributed by atoms with Crippen molar-refractivity contribution in [3.05, 3.63) is 40.2 Å². The minimum Gasteiger partial charge on any atom is -0.495 e. The Morgan fingerprint density at radius 1 is 1.32 bits per heavy atom. The van der Waals surface area contributed by atoms with Crippen LogP contribution in [0.15, 0.2) is 29.1 Å². The smallest absolute Gasteiger partial charge is 0.306 e. The summed E-state index contributed by atoms with van der Waals surface area (Å²) in [6, 6.07) is 7.36. The number of pyridine rings is 1. The molecular weight excluding hydrogens is 282 g/mol. The van der Waals surface area contributed by atoms with Crippen LogP contribution in [0.1, 0.15) is 25.3 Å². The number of nitrogens with one attached hydrogen (secondary N) is 1. The standard InChI is InChI=1S/C17H17NO4/c1-3-22-15(19)11-7-5-9-13-16(21-2)12-8-4-6-10-14(12)18-17(13)20/h4,6,8,10H,3,7,11H2,1-2H3,(H,18,20). The maximum Gasteiger partial charge on any atom is 0.306 e. The van der Waals surface area contributed by atoms with Gasteiger partial charge in [0.05, 0.1) is 25.7 Å². The number of aromatic nitrogens is 1. The van der Waals surface area contributed by atoms with Crippen LogP contribution in [-0.2, 0) is 9.53 Å². The van der Waals surface area contributed by atoms with Gasteiger partial charge in [-0.15, -0.1) is 0 Å². The lowest BCUT2D eigenvalue weighted by Crippen LogP contribution is -2.12. The summed E-state index contributed by atoms with van der Waals surface area (Å²) in [5.41, 5.74) is 0.658. The van der Waals surface area contributed by atoms with Crippen LogP contribution in [0.25, 0.3) is 10.9 Å². The Labute approximate surface area is 128 Å². The van der Waals surface area contributed by atoms with Crippen molar-refractivity contribution in [2.45, 2.75) is 19.8 Å². The number of esters is 1. The molecule has 0 aliphatic rings. The fraction of sp³-hybridized carbons (Fsp3) is 0.294. The number of fused-ring (bicyclic) bond motifs is 1. The van der Waals surface area contributed by atoms with Gasteiger partial charge in [-0.1, -0.05) is 24.0 Å². The highest BCUT2D eigenvalue weighted by atomic mass is 16.5. The van der Waals surface area contributed by atoms with Crippen molar-refractivity contribution in [1.82, 2.24) is 4.98 Å². The van der Waals surface area contributed by atoms with Crippen LogP contribution in [0.5, 0.6) is 5.75 Å². The SMILES string of the molecule is CCOC(=O)CCC#Cc1c(OC)c2ccccc2[nH]c1=O. The van der Waals surface area contributed by atoms with Crippen LogP contribution in [0, 0.1) is 11.8 Å². The number of methoxy groups -OCH3 is 1. The van der Waals surface area contributed by atoms with E-state index in [0.717, 1.165) is 5.39 Å². The molecule has 1 aromatic carbocycles. The van der Waals surface area contributed by atoms with E-state index < -0.39 is 0 Å². The van der Waals surface area contributed by atoms with Crippen molar-refractivity contribution in [3.8, 4) is 17.6 Å². The minimum atomic E-state index is -0.306. The third kappa shape index (κ3) is 3.47. The van der Waals surface area contributed by atoms with E-state index >= 15 is 0 Å². The van der Waals surface area contributed by atoms with E-state index in [1.54, 1.807) is 13.0 Å². The molecule has 1 aromatic heterocycles. The molecule has 2 aromatic rings. The second-order valence-electron chi connectivity index (χ2n) is 4.51. The molecule has 0 saturated heterocycles. The first-order chi connectivity index (χ1) is 10.7. The van der Waals surface area contributed by atoms with E-state index in [1.165, 1.54) is 7.11 Å². The fourth-order valence-corrected chi connectivity index (χ4v) is 2.09. The Hall–Kier alpha value is -2.74. The normalized spacial score (nSPS) is 9.91. The highest BCUT2D eigenvalue weighted by Crippen LogP contribution is 2.24. The zero-order valence-corrected chi connectivity index (χ0v) is 12.6. The first-order valence-corrected chi connectivity index (χ1v) is 7.00. The molecule has 114 valence electrons. The molecule has 0 atom stereocenters. The maximum atomic E-state index is 12.1. The number of hydrogen-bond acceptors (Lipinski definition) is 4. The summed E-state index contributed by atoms with van der Waals surface area (Å²) in [5, 5.41) is 0.791. The molecule has 2 rings (SSSR count). The minimum absolute atomic E-state index is 0.203. The summed E-state index contributed by atoms with van der Waals surface area (Å²) < 4.78 is 10.2. The molecular formula is C17H17NO4. The number of carbonyl (C=O) groups excluding carboxylic acids is 1. The second kappa shape index (κ2) is 7.32. The van der Waals surface area contributed by atoms with Crippen LogP contribution < -0.4 is 10.3 Å². The number of ether oxygens (including phenoxy) is 2. The summed E-state index contributed by atoms with van der Waals surface area (Å²) in [4.78, 5) is 26.1. The summed E-state index contributed by atoms with van der Waals surface area (Å²) in [5.74, 6) is 5.77. The molecule has 0 saturated carbocycles. The molecule has 5 heteroatoms. The summed E-state index contributed by atoms with van der Waals surface area (Å²) in [7, 11) is 1.50.